The number of carboxylic acids is 1. The van der Waals surface area contributed by atoms with Crippen LogP contribution in [-0.4, -0.2) is 17.0 Å². The number of halogens is 3. The fraction of sp³-hybridized carbons (Fsp3) is 0.280. The molecule has 3 aromatic rings. The summed E-state index contributed by atoms with van der Waals surface area (Å²) in [6.45, 7) is 3.71. The van der Waals surface area contributed by atoms with Gasteiger partial charge in [-0.2, -0.15) is 13.2 Å². The molecule has 0 aliphatic heterocycles. The average molecular weight is 498 g/mol. The summed E-state index contributed by atoms with van der Waals surface area (Å²) in [5, 5.41) is 12.2. The number of hydrogen-bond acceptors (Lipinski definition) is 3. The van der Waals surface area contributed by atoms with Crippen LogP contribution in [0.2, 0.25) is 0 Å². The van der Waals surface area contributed by atoms with Gasteiger partial charge in [0.25, 0.3) is 5.91 Å². The molecule has 4 nitrogen and oxygen atoms in total. The molecule has 0 unspecified atom stereocenters. The molecule has 174 valence electrons. The number of benzene rings is 2. The normalized spacial score (nSPS) is 14.3. The minimum Gasteiger partial charge on any atom is -1.00 e. The number of nitrogens with one attached hydrogen (secondary N) is 1. The van der Waals surface area contributed by atoms with Gasteiger partial charge < -0.3 is 11.8 Å². The predicted molar refractivity (Wildman–Crippen MR) is 121 cm³/mol. The van der Waals surface area contributed by atoms with Crippen LogP contribution in [0.3, 0.4) is 0 Å². The molecule has 0 saturated heterocycles. The van der Waals surface area contributed by atoms with E-state index in [0.717, 1.165) is 45.9 Å². The quantitative estimate of drug-likeness (QED) is 0.514. The van der Waals surface area contributed by atoms with Crippen molar-refractivity contribution in [1.82, 2.24) is 5.32 Å². The molecule has 0 bridgehead atoms. The minimum absolute atomic E-state index is 0. The van der Waals surface area contributed by atoms with Crippen LogP contribution in [0, 0.1) is 13.8 Å². The summed E-state index contributed by atoms with van der Waals surface area (Å²) < 4.78 is 39.4. The molecule has 1 heterocycles. The first-order valence-electron chi connectivity index (χ1n) is 10.4. The fourth-order valence-corrected chi connectivity index (χ4v) is 5.20. The molecular weight excluding hydrogens is 474 g/mol. The number of carbonyl (C=O) groups is 2. The molecule has 0 radical (unpaired) electrons. The molecule has 1 amide bonds. The van der Waals surface area contributed by atoms with Crippen LogP contribution in [0.5, 0.6) is 0 Å². The van der Waals surface area contributed by atoms with Gasteiger partial charge in [0, 0.05) is 9.75 Å². The molecule has 1 saturated carbocycles. The monoisotopic (exact) mass is 497 g/mol. The summed E-state index contributed by atoms with van der Waals surface area (Å²) in [5.74, 6) is -1.28. The third-order valence-corrected chi connectivity index (χ3v) is 7.10. The van der Waals surface area contributed by atoms with Crippen molar-refractivity contribution in [2.75, 3.05) is 0 Å². The van der Waals surface area contributed by atoms with Gasteiger partial charge in [0.2, 0.25) is 0 Å². The van der Waals surface area contributed by atoms with Gasteiger partial charge in [-0.25, -0.2) is 4.79 Å². The van der Waals surface area contributed by atoms with Crippen LogP contribution >= 0.6 is 11.3 Å². The predicted octanol–water partition coefficient (Wildman–Crippen LogP) is 3.21. The number of hydrogen-bond donors (Lipinski definition) is 2. The SMILES string of the molecule is Cc1sc(C)c(C(=O)NC2(c3ccc(C(=O)O)cc3)CC2)c1Cc1cccc(C(F)(F)F)c1.[H-].[Na+]. The smallest absolute Gasteiger partial charge is 1.00 e. The van der Waals surface area contributed by atoms with Crippen LogP contribution in [-0.2, 0) is 18.1 Å². The van der Waals surface area contributed by atoms with Crippen molar-refractivity contribution in [3.8, 4) is 0 Å². The maximum Gasteiger partial charge on any atom is 1.00 e. The summed E-state index contributed by atoms with van der Waals surface area (Å²) in [6.07, 6.45) is -2.74. The van der Waals surface area contributed by atoms with E-state index in [4.69, 9.17) is 5.11 Å². The number of rotatable bonds is 6. The molecule has 2 aromatic carbocycles. The number of thiophene rings is 1. The van der Waals surface area contributed by atoms with Crippen molar-refractivity contribution >= 4 is 23.2 Å². The number of carboxylic acid groups (broad SMARTS) is 1. The Hall–Kier alpha value is -2.13. The average Bonchev–Trinajstić information content (AvgIpc) is 3.47. The van der Waals surface area contributed by atoms with Gasteiger partial charge in [-0.05, 0) is 68.0 Å². The Labute approximate surface area is 223 Å². The first-order valence-corrected chi connectivity index (χ1v) is 11.2. The maximum atomic E-state index is 13.3. The maximum absolute atomic E-state index is 13.3. The third kappa shape index (κ3) is 5.40. The fourth-order valence-electron chi connectivity index (χ4n) is 4.12. The Morgan fingerprint density at radius 1 is 1.09 bits per heavy atom. The van der Waals surface area contributed by atoms with Gasteiger partial charge >= 0.3 is 41.7 Å². The third-order valence-electron chi connectivity index (χ3n) is 6.03. The number of amides is 1. The first kappa shape index (κ1) is 26.5. The second-order valence-electron chi connectivity index (χ2n) is 8.36. The van der Waals surface area contributed by atoms with Crippen molar-refractivity contribution in [2.24, 2.45) is 0 Å². The van der Waals surface area contributed by atoms with E-state index in [1.807, 2.05) is 13.8 Å². The Balaban J connectivity index is 0.00000216. The van der Waals surface area contributed by atoms with E-state index in [0.29, 0.717) is 11.1 Å². The van der Waals surface area contributed by atoms with E-state index in [9.17, 15) is 22.8 Å². The Morgan fingerprint density at radius 3 is 2.29 bits per heavy atom. The Bertz CT molecular complexity index is 1240. The zero-order valence-corrected chi connectivity index (χ0v) is 21.9. The van der Waals surface area contributed by atoms with Crippen molar-refractivity contribution in [3.05, 3.63) is 91.7 Å². The van der Waals surface area contributed by atoms with Gasteiger partial charge in [0.15, 0.2) is 0 Å². The minimum atomic E-state index is -4.43. The van der Waals surface area contributed by atoms with Crippen molar-refractivity contribution in [3.63, 3.8) is 0 Å². The van der Waals surface area contributed by atoms with Gasteiger partial charge in [0.05, 0.1) is 22.2 Å². The van der Waals surface area contributed by atoms with E-state index in [1.165, 1.54) is 29.5 Å². The molecule has 34 heavy (non-hydrogen) atoms. The van der Waals surface area contributed by atoms with E-state index in [1.54, 1.807) is 18.2 Å². The zero-order valence-electron chi connectivity index (χ0n) is 20.0. The summed E-state index contributed by atoms with van der Waals surface area (Å²) >= 11 is 1.45. The first-order chi connectivity index (χ1) is 15.5. The molecule has 0 spiro atoms. The van der Waals surface area contributed by atoms with Crippen LogP contribution in [0.15, 0.2) is 48.5 Å². The molecule has 1 aromatic heterocycles. The van der Waals surface area contributed by atoms with Crippen LogP contribution in [0.25, 0.3) is 0 Å². The van der Waals surface area contributed by atoms with E-state index in [2.05, 4.69) is 5.32 Å². The van der Waals surface area contributed by atoms with Gasteiger partial charge in [-0.1, -0.05) is 30.3 Å². The van der Waals surface area contributed by atoms with E-state index in [-0.39, 0.29) is 48.9 Å². The zero-order chi connectivity index (χ0) is 24.0. The summed E-state index contributed by atoms with van der Waals surface area (Å²) in [6, 6.07) is 11.6. The molecule has 9 heteroatoms. The van der Waals surface area contributed by atoms with E-state index >= 15 is 0 Å². The number of alkyl halides is 3. The van der Waals surface area contributed by atoms with E-state index < -0.39 is 23.2 Å². The molecule has 1 aliphatic rings. The largest absolute Gasteiger partial charge is 1.00 e. The second-order valence-corrected chi connectivity index (χ2v) is 9.79. The summed E-state index contributed by atoms with van der Waals surface area (Å²) in [4.78, 5) is 26.2. The van der Waals surface area contributed by atoms with Crippen molar-refractivity contribution in [2.45, 2.75) is 44.8 Å². The van der Waals surface area contributed by atoms with Crippen LogP contribution in [0.1, 0.15) is 67.0 Å². The van der Waals surface area contributed by atoms with Crippen molar-refractivity contribution in [1.29, 1.82) is 0 Å². The molecule has 2 N–H and O–H groups in total. The Kier molecular flexibility index (Phi) is 7.67. The van der Waals surface area contributed by atoms with Gasteiger partial charge in [0.1, 0.15) is 0 Å². The van der Waals surface area contributed by atoms with Gasteiger partial charge in [-0.3, -0.25) is 4.79 Å². The summed E-state index contributed by atoms with van der Waals surface area (Å²) in [7, 11) is 0. The molecule has 0 atom stereocenters. The standard InChI is InChI=1S/C25H22F3NO3S.Na.H/c1-14-20(13-16-4-3-5-19(12-16)25(26,27)28)21(15(2)33-14)22(30)29-24(10-11-24)18-8-6-17(7-9-18)23(31)32;;/h3-9,12H,10-11,13H2,1-2H3,(H,29,30)(H,31,32);;/q;+1;-1. The van der Waals surface area contributed by atoms with Crippen molar-refractivity contribution < 1.29 is 58.9 Å². The topological polar surface area (TPSA) is 66.4 Å². The number of aryl methyl sites for hydroxylation is 2. The molecule has 4 rings (SSSR count). The number of carbonyl (C=O) groups excluding carboxylic acids is 1. The number of aromatic carboxylic acids is 1. The van der Waals surface area contributed by atoms with Crippen LogP contribution in [0.4, 0.5) is 13.2 Å². The molecule has 1 aliphatic carbocycles. The Morgan fingerprint density at radius 2 is 1.74 bits per heavy atom. The van der Waals surface area contributed by atoms with Crippen LogP contribution < -0.4 is 34.9 Å². The summed E-state index contributed by atoms with van der Waals surface area (Å²) in [5.41, 5.74) is 1.47. The van der Waals surface area contributed by atoms with Gasteiger partial charge in [-0.15, -0.1) is 11.3 Å². The second kappa shape index (κ2) is 9.85. The molecule has 1 fully saturated rings. The molecular formula is C25H23F3NNaO3S.